The number of hydrogen-bond acceptors (Lipinski definition) is 3. The lowest BCUT2D eigenvalue weighted by molar-refractivity contribution is -0.0149. The van der Waals surface area contributed by atoms with Crippen LogP contribution in [0.4, 0.5) is 4.79 Å². The van der Waals surface area contributed by atoms with Crippen LogP contribution in [0.2, 0.25) is 0 Å². The fraction of sp³-hybridized carbons (Fsp3) is 0.929. The predicted octanol–water partition coefficient (Wildman–Crippen LogP) is 2.26. The van der Waals surface area contributed by atoms with Gasteiger partial charge in [-0.15, -0.1) is 0 Å². The van der Waals surface area contributed by atoms with Crippen LogP contribution >= 0.6 is 0 Å². The number of methoxy groups -OCH3 is 1. The summed E-state index contributed by atoms with van der Waals surface area (Å²) < 4.78 is 4.88. The first-order chi connectivity index (χ1) is 8.62. The third-order valence-corrected chi connectivity index (χ3v) is 4.86. The van der Waals surface area contributed by atoms with Crippen molar-refractivity contribution in [3.8, 4) is 0 Å². The van der Waals surface area contributed by atoms with E-state index in [2.05, 4.69) is 13.8 Å². The van der Waals surface area contributed by atoms with Crippen LogP contribution in [0.3, 0.4) is 0 Å². The summed E-state index contributed by atoms with van der Waals surface area (Å²) >= 11 is 0. The fourth-order valence-electron chi connectivity index (χ4n) is 3.91. The van der Waals surface area contributed by atoms with Crippen LogP contribution in [-0.4, -0.2) is 41.9 Å². The maximum atomic E-state index is 11.9. The van der Waals surface area contributed by atoms with Gasteiger partial charge < -0.3 is 14.7 Å². The summed E-state index contributed by atoms with van der Waals surface area (Å²) in [6, 6.07) is -0.0499. The number of piperidine rings is 1. The molecule has 0 aromatic carbocycles. The smallest absolute Gasteiger partial charge is 0.409 e. The van der Waals surface area contributed by atoms with Crippen LogP contribution in [0.5, 0.6) is 0 Å². The van der Waals surface area contributed by atoms with Crippen molar-refractivity contribution in [3.63, 3.8) is 0 Å². The molecule has 0 spiro atoms. The summed E-state index contributed by atoms with van der Waals surface area (Å²) in [5.41, 5.74) is 0. The lowest BCUT2D eigenvalue weighted by Crippen LogP contribution is -2.54. The number of carbonyl (C=O) groups is 1. The van der Waals surface area contributed by atoms with Crippen LogP contribution in [0, 0.1) is 17.8 Å². The van der Waals surface area contributed by atoms with Gasteiger partial charge in [-0.3, -0.25) is 0 Å². The van der Waals surface area contributed by atoms with E-state index in [0.29, 0.717) is 17.8 Å². The zero-order chi connectivity index (χ0) is 13.3. The number of hydrogen-bond donors (Lipinski definition) is 1. The minimum absolute atomic E-state index is 0.0499. The first-order valence-corrected chi connectivity index (χ1v) is 7.14. The molecule has 0 aromatic rings. The minimum atomic E-state index is -0.397. The summed E-state index contributed by atoms with van der Waals surface area (Å²) in [4.78, 5) is 13.7. The molecule has 3 aliphatic rings. The van der Waals surface area contributed by atoms with Crippen molar-refractivity contribution in [2.75, 3.05) is 13.7 Å². The molecule has 0 aromatic heterocycles. The van der Waals surface area contributed by atoms with Crippen LogP contribution in [0.25, 0.3) is 0 Å². The van der Waals surface area contributed by atoms with Crippen molar-refractivity contribution in [1.82, 2.24) is 4.90 Å². The van der Waals surface area contributed by atoms with E-state index < -0.39 is 6.10 Å². The van der Waals surface area contributed by atoms with Gasteiger partial charge in [0, 0.05) is 6.54 Å². The second kappa shape index (κ2) is 5.47. The van der Waals surface area contributed by atoms with Gasteiger partial charge in [-0.1, -0.05) is 26.7 Å². The van der Waals surface area contributed by atoms with Gasteiger partial charge in [0.2, 0.25) is 0 Å². The monoisotopic (exact) mass is 255 g/mol. The molecule has 1 saturated carbocycles. The van der Waals surface area contributed by atoms with Gasteiger partial charge in [0.15, 0.2) is 0 Å². The molecule has 18 heavy (non-hydrogen) atoms. The predicted molar refractivity (Wildman–Crippen MR) is 69.2 cm³/mol. The first-order valence-electron chi connectivity index (χ1n) is 7.14. The van der Waals surface area contributed by atoms with Crippen LogP contribution in [0.1, 0.15) is 39.5 Å². The Bertz CT molecular complexity index is 307. The molecule has 5 atom stereocenters. The normalized spacial score (nSPS) is 39.6. The number of fused-ring (bicyclic) bond motifs is 4. The highest BCUT2D eigenvalue weighted by Crippen LogP contribution is 2.42. The second-order valence-electron chi connectivity index (χ2n) is 5.78. The molecule has 2 aliphatic heterocycles. The van der Waals surface area contributed by atoms with Gasteiger partial charge in [0.05, 0.1) is 19.3 Å². The molecule has 3 rings (SSSR count). The van der Waals surface area contributed by atoms with Crippen molar-refractivity contribution in [3.05, 3.63) is 0 Å². The Kier molecular flexibility index (Phi) is 4.15. The molecule has 1 N–H and O–H groups in total. The molecule has 2 saturated heterocycles. The molecular weight excluding hydrogens is 230 g/mol. The quantitative estimate of drug-likeness (QED) is 0.823. The van der Waals surface area contributed by atoms with Gasteiger partial charge in [0.25, 0.3) is 0 Å². The molecule has 4 nitrogen and oxygen atoms in total. The van der Waals surface area contributed by atoms with E-state index in [9.17, 15) is 9.90 Å². The third-order valence-electron chi connectivity index (χ3n) is 4.86. The van der Waals surface area contributed by atoms with E-state index in [4.69, 9.17) is 4.74 Å². The molecule has 5 unspecified atom stereocenters. The van der Waals surface area contributed by atoms with E-state index >= 15 is 0 Å². The third kappa shape index (κ3) is 2.22. The van der Waals surface area contributed by atoms with Crippen LogP contribution in [0.15, 0.2) is 0 Å². The minimum Gasteiger partial charge on any atom is -0.453 e. The molecule has 0 radical (unpaired) electrons. The van der Waals surface area contributed by atoms with Gasteiger partial charge in [-0.25, -0.2) is 4.79 Å². The van der Waals surface area contributed by atoms with Crippen molar-refractivity contribution in [1.29, 1.82) is 0 Å². The zero-order valence-electron chi connectivity index (χ0n) is 11.6. The Morgan fingerprint density at radius 2 is 1.89 bits per heavy atom. The lowest BCUT2D eigenvalue weighted by Gasteiger charge is -2.42. The van der Waals surface area contributed by atoms with Crippen molar-refractivity contribution in [2.24, 2.45) is 17.8 Å². The average molecular weight is 255 g/mol. The summed E-state index contributed by atoms with van der Waals surface area (Å²) in [6.07, 6.45) is 3.51. The lowest BCUT2D eigenvalue weighted by atomic mass is 9.82. The SMILES string of the molecule is CCC1CC2CC(CC)C(C1O)N(C(=O)OC)C2. The van der Waals surface area contributed by atoms with Gasteiger partial charge in [-0.05, 0) is 30.6 Å². The van der Waals surface area contributed by atoms with Crippen LogP contribution < -0.4 is 0 Å². The molecule has 2 heterocycles. The van der Waals surface area contributed by atoms with E-state index in [0.717, 1.165) is 32.2 Å². The van der Waals surface area contributed by atoms with Gasteiger partial charge in [-0.2, -0.15) is 0 Å². The number of aliphatic hydroxyl groups excluding tert-OH is 1. The molecule has 1 aliphatic carbocycles. The highest BCUT2D eigenvalue weighted by molar-refractivity contribution is 5.68. The Hall–Kier alpha value is -0.770. The Balaban J connectivity index is 2.29. The highest BCUT2D eigenvalue weighted by atomic mass is 16.5. The maximum absolute atomic E-state index is 11.9. The summed E-state index contributed by atoms with van der Waals surface area (Å²) in [7, 11) is 1.42. The number of amides is 1. The number of rotatable bonds is 2. The number of carbonyl (C=O) groups excluding carboxylic acids is 1. The fourth-order valence-corrected chi connectivity index (χ4v) is 3.91. The van der Waals surface area contributed by atoms with Crippen LogP contribution in [-0.2, 0) is 4.74 Å². The summed E-state index contributed by atoms with van der Waals surface area (Å²) in [6.45, 7) is 5.03. The molecule has 104 valence electrons. The maximum Gasteiger partial charge on any atom is 0.409 e. The number of ether oxygens (including phenoxy) is 1. The summed E-state index contributed by atoms with van der Waals surface area (Å²) in [5.74, 6) is 1.26. The molecule has 3 fully saturated rings. The Labute approximate surface area is 109 Å². The highest BCUT2D eigenvalue weighted by Gasteiger charge is 2.47. The standard InChI is InChI=1S/C14H25NO3/c1-4-10-6-9-7-11(5-2)13(16)12(10)15(8-9)14(17)18-3/h9-13,16H,4-8H2,1-3H3. The molecule has 2 bridgehead atoms. The van der Waals surface area contributed by atoms with E-state index in [1.165, 1.54) is 7.11 Å². The molecule has 4 heteroatoms. The molecule has 1 amide bonds. The average Bonchev–Trinajstić information content (AvgIpc) is 2.62. The Morgan fingerprint density at radius 3 is 2.44 bits per heavy atom. The zero-order valence-corrected chi connectivity index (χ0v) is 11.6. The first kappa shape index (κ1) is 13.7. The topological polar surface area (TPSA) is 49.8 Å². The van der Waals surface area contributed by atoms with E-state index in [1.54, 1.807) is 4.90 Å². The molecular formula is C14H25NO3. The van der Waals surface area contributed by atoms with E-state index in [-0.39, 0.29) is 12.1 Å². The summed E-state index contributed by atoms with van der Waals surface area (Å²) in [5, 5.41) is 10.6. The second-order valence-corrected chi connectivity index (χ2v) is 5.78. The van der Waals surface area contributed by atoms with Crippen molar-refractivity contribution >= 4 is 6.09 Å². The largest absolute Gasteiger partial charge is 0.453 e. The van der Waals surface area contributed by atoms with Gasteiger partial charge >= 0.3 is 6.09 Å². The Morgan fingerprint density at radius 1 is 1.28 bits per heavy atom. The van der Waals surface area contributed by atoms with Crippen molar-refractivity contribution < 1.29 is 14.6 Å². The van der Waals surface area contributed by atoms with Crippen molar-refractivity contribution in [2.45, 2.75) is 51.7 Å². The van der Waals surface area contributed by atoms with E-state index in [1.807, 2.05) is 0 Å². The van der Waals surface area contributed by atoms with Gasteiger partial charge in [0.1, 0.15) is 0 Å². The number of nitrogens with zero attached hydrogens (tertiary/aromatic N) is 1. The number of aliphatic hydroxyl groups is 1.